The molecule has 0 spiro atoms. The summed E-state index contributed by atoms with van der Waals surface area (Å²) in [6, 6.07) is 7.34. The summed E-state index contributed by atoms with van der Waals surface area (Å²) in [7, 11) is 1.66. The Kier molecular flexibility index (Phi) is 4.96. The van der Waals surface area contributed by atoms with Crippen molar-refractivity contribution in [1.29, 1.82) is 0 Å². The molecule has 1 aliphatic rings. The van der Waals surface area contributed by atoms with Crippen LogP contribution in [-0.2, 0) is 13.0 Å². The largest absolute Gasteiger partial charge is 0.395 e. The van der Waals surface area contributed by atoms with Crippen molar-refractivity contribution in [1.82, 2.24) is 14.5 Å². The molecule has 26 heavy (non-hydrogen) atoms. The first kappa shape index (κ1) is 18.3. The Bertz CT molecular complexity index is 821. The van der Waals surface area contributed by atoms with Crippen LogP contribution >= 0.6 is 0 Å². The van der Waals surface area contributed by atoms with Crippen molar-refractivity contribution in [2.75, 3.05) is 20.2 Å². The van der Waals surface area contributed by atoms with Gasteiger partial charge in [0.1, 0.15) is 5.69 Å². The average molecular weight is 355 g/mol. The van der Waals surface area contributed by atoms with Crippen LogP contribution in [0.2, 0.25) is 0 Å². The third-order valence-corrected chi connectivity index (χ3v) is 4.80. The van der Waals surface area contributed by atoms with E-state index in [9.17, 15) is 9.59 Å². The highest BCUT2D eigenvalue weighted by Crippen LogP contribution is 2.34. The number of benzene rings is 1. The zero-order valence-corrected chi connectivity index (χ0v) is 15.5. The van der Waals surface area contributed by atoms with Crippen LogP contribution in [0.15, 0.2) is 30.6 Å². The Labute approximate surface area is 153 Å². The van der Waals surface area contributed by atoms with E-state index in [0.717, 1.165) is 17.7 Å². The standard InChI is InChI=1S/C20H25N3O3/c1-20(2)10-16-18(17(25)11-20)23(13-21-16)12-14-4-6-15(7-5-14)19(26)22(3)8-9-24/h4-7,13,24H,8-12H2,1-3H3. The Morgan fingerprint density at radius 2 is 1.96 bits per heavy atom. The van der Waals surface area contributed by atoms with Gasteiger partial charge in [0.2, 0.25) is 0 Å². The highest BCUT2D eigenvalue weighted by atomic mass is 16.3. The number of aromatic nitrogens is 2. The molecule has 1 aromatic heterocycles. The van der Waals surface area contributed by atoms with Crippen LogP contribution < -0.4 is 0 Å². The summed E-state index contributed by atoms with van der Waals surface area (Å²) in [5, 5.41) is 8.94. The number of rotatable bonds is 5. The van der Waals surface area contributed by atoms with Crippen molar-refractivity contribution >= 4 is 11.7 Å². The number of nitrogens with zero attached hydrogens (tertiary/aromatic N) is 3. The Morgan fingerprint density at radius 1 is 1.27 bits per heavy atom. The highest BCUT2D eigenvalue weighted by Gasteiger charge is 2.34. The summed E-state index contributed by atoms with van der Waals surface area (Å²) in [6.45, 7) is 4.99. The number of amides is 1. The number of likely N-dealkylation sites (N-methyl/N-ethyl adjacent to an activating group) is 1. The van der Waals surface area contributed by atoms with Gasteiger partial charge in [0.05, 0.1) is 18.6 Å². The second-order valence-electron chi connectivity index (χ2n) is 7.76. The lowest BCUT2D eigenvalue weighted by Gasteiger charge is -2.28. The molecule has 1 aliphatic carbocycles. The van der Waals surface area contributed by atoms with Gasteiger partial charge in [0, 0.05) is 32.1 Å². The van der Waals surface area contributed by atoms with Gasteiger partial charge in [-0.3, -0.25) is 9.59 Å². The minimum Gasteiger partial charge on any atom is -0.395 e. The second-order valence-corrected chi connectivity index (χ2v) is 7.76. The molecule has 6 heteroatoms. The van der Waals surface area contributed by atoms with Crippen molar-refractivity contribution in [2.45, 2.75) is 33.2 Å². The average Bonchev–Trinajstić information content (AvgIpc) is 2.96. The fourth-order valence-electron chi connectivity index (χ4n) is 3.45. The van der Waals surface area contributed by atoms with Gasteiger partial charge in [-0.1, -0.05) is 26.0 Å². The number of aliphatic hydroxyl groups excluding tert-OH is 1. The quantitative estimate of drug-likeness (QED) is 0.892. The third kappa shape index (κ3) is 3.70. The van der Waals surface area contributed by atoms with Crippen molar-refractivity contribution < 1.29 is 14.7 Å². The van der Waals surface area contributed by atoms with Gasteiger partial charge in [0.25, 0.3) is 5.91 Å². The van der Waals surface area contributed by atoms with Gasteiger partial charge in [-0.2, -0.15) is 0 Å². The number of Topliss-reactive ketones (excluding diaryl/α,β-unsaturated/α-hetero) is 1. The summed E-state index contributed by atoms with van der Waals surface area (Å²) in [4.78, 5) is 30.7. The van der Waals surface area contributed by atoms with Crippen molar-refractivity contribution in [3.8, 4) is 0 Å². The molecule has 138 valence electrons. The number of aliphatic hydroxyl groups is 1. The number of carbonyl (C=O) groups is 2. The molecule has 0 bridgehead atoms. The third-order valence-electron chi connectivity index (χ3n) is 4.80. The molecule has 0 saturated carbocycles. The molecule has 2 aromatic rings. The van der Waals surface area contributed by atoms with Crippen LogP contribution in [0.4, 0.5) is 0 Å². The predicted octanol–water partition coefficient (Wildman–Crippen LogP) is 2.15. The van der Waals surface area contributed by atoms with Crippen LogP contribution in [0.1, 0.15) is 52.4 Å². The monoisotopic (exact) mass is 355 g/mol. The fourth-order valence-corrected chi connectivity index (χ4v) is 3.45. The fraction of sp³-hybridized carbons (Fsp3) is 0.450. The van der Waals surface area contributed by atoms with Crippen molar-refractivity contribution in [3.05, 3.63) is 53.1 Å². The van der Waals surface area contributed by atoms with E-state index in [1.54, 1.807) is 25.5 Å². The zero-order valence-electron chi connectivity index (χ0n) is 15.5. The first-order chi connectivity index (χ1) is 12.3. The number of fused-ring (bicyclic) bond motifs is 1. The van der Waals surface area contributed by atoms with E-state index < -0.39 is 0 Å². The molecule has 0 saturated heterocycles. The van der Waals surface area contributed by atoms with E-state index in [4.69, 9.17) is 5.11 Å². The lowest BCUT2D eigenvalue weighted by atomic mass is 9.77. The summed E-state index contributed by atoms with van der Waals surface area (Å²) >= 11 is 0. The van der Waals surface area contributed by atoms with Gasteiger partial charge in [-0.15, -0.1) is 0 Å². The van der Waals surface area contributed by atoms with Gasteiger partial charge in [0.15, 0.2) is 5.78 Å². The maximum atomic E-state index is 12.5. The summed E-state index contributed by atoms with van der Waals surface area (Å²) in [5.74, 6) is 0.0224. The molecule has 1 N–H and O–H groups in total. The molecule has 1 aromatic carbocycles. The molecule has 0 atom stereocenters. The number of imidazole rings is 1. The molecule has 6 nitrogen and oxygen atoms in total. The Balaban J connectivity index is 1.76. The minimum absolute atomic E-state index is 0.0358. The predicted molar refractivity (Wildman–Crippen MR) is 98.2 cm³/mol. The topological polar surface area (TPSA) is 75.4 Å². The van der Waals surface area contributed by atoms with E-state index in [1.807, 2.05) is 16.7 Å². The Hall–Kier alpha value is -2.47. The van der Waals surface area contributed by atoms with E-state index in [1.165, 1.54) is 4.90 Å². The zero-order chi connectivity index (χ0) is 18.9. The van der Waals surface area contributed by atoms with Crippen molar-refractivity contribution in [2.24, 2.45) is 5.41 Å². The van der Waals surface area contributed by atoms with Crippen LogP contribution in [0.25, 0.3) is 0 Å². The normalized spacial score (nSPS) is 15.6. The first-order valence-corrected chi connectivity index (χ1v) is 8.83. The second kappa shape index (κ2) is 7.03. The van der Waals surface area contributed by atoms with Crippen LogP contribution in [0.3, 0.4) is 0 Å². The lowest BCUT2D eigenvalue weighted by Crippen LogP contribution is -2.29. The number of hydrogen-bond acceptors (Lipinski definition) is 4. The summed E-state index contributed by atoms with van der Waals surface area (Å²) in [5.41, 5.74) is 3.14. The van der Waals surface area contributed by atoms with Gasteiger partial charge < -0.3 is 14.6 Å². The van der Waals surface area contributed by atoms with E-state index in [-0.39, 0.29) is 23.7 Å². The number of hydrogen-bond donors (Lipinski definition) is 1. The van der Waals surface area contributed by atoms with Gasteiger partial charge in [-0.05, 0) is 29.5 Å². The maximum Gasteiger partial charge on any atom is 0.253 e. The maximum absolute atomic E-state index is 12.5. The lowest BCUT2D eigenvalue weighted by molar-refractivity contribution is 0.0766. The summed E-state index contributed by atoms with van der Waals surface area (Å²) < 4.78 is 1.90. The van der Waals surface area contributed by atoms with E-state index in [0.29, 0.717) is 30.8 Å². The number of ketones is 1. The van der Waals surface area contributed by atoms with Gasteiger partial charge in [-0.25, -0.2) is 4.98 Å². The van der Waals surface area contributed by atoms with Gasteiger partial charge >= 0.3 is 0 Å². The Morgan fingerprint density at radius 3 is 2.62 bits per heavy atom. The van der Waals surface area contributed by atoms with Crippen LogP contribution in [0, 0.1) is 5.41 Å². The molecule has 0 aliphatic heterocycles. The highest BCUT2D eigenvalue weighted by molar-refractivity contribution is 5.97. The number of carbonyl (C=O) groups excluding carboxylic acids is 2. The molecule has 1 amide bonds. The van der Waals surface area contributed by atoms with Crippen LogP contribution in [-0.4, -0.2) is 51.4 Å². The first-order valence-electron chi connectivity index (χ1n) is 8.83. The minimum atomic E-state index is -0.122. The van der Waals surface area contributed by atoms with Crippen LogP contribution in [0.5, 0.6) is 0 Å². The molecular formula is C20H25N3O3. The van der Waals surface area contributed by atoms with E-state index in [2.05, 4.69) is 18.8 Å². The molecule has 0 unspecified atom stereocenters. The van der Waals surface area contributed by atoms with E-state index >= 15 is 0 Å². The molecule has 0 radical (unpaired) electrons. The molecular weight excluding hydrogens is 330 g/mol. The molecule has 1 heterocycles. The van der Waals surface area contributed by atoms with Crippen molar-refractivity contribution in [3.63, 3.8) is 0 Å². The molecule has 3 rings (SSSR count). The smallest absolute Gasteiger partial charge is 0.253 e. The molecule has 0 fully saturated rings. The summed E-state index contributed by atoms with van der Waals surface area (Å²) in [6.07, 6.45) is 3.08. The SMILES string of the molecule is CN(CCO)C(=O)c1ccc(Cn2cnc3c2C(=O)CC(C)(C)C3)cc1.